The zero-order chi connectivity index (χ0) is 14.0. The van der Waals surface area contributed by atoms with Crippen molar-refractivity contribution in [2.45, 2.75) is 19.8 Å². The molecular formula is C13H11Cl2FN2O. The molecular weight excluding hydrogens is 290 g/mol. The second-order valence-corrected chi connectivity index (χ2v) is 4.98. The van der Waals surface area contributed by atoms with E-state index in [-0.39, 0.29) is 10.9 Å². The van der Waals surface area contributed by atoms with E-state index in [2.05, 4.69) is 9.97 Å². The van der Waals surface area contributed by atoms with Crippen molar-refractivity contribution < 1.29 is 9.13 Å². The maximum Gasteiger partial charge on any atom is 0.227 e. The molecule has 0 unspecified atom stereocenters. The molecule has 19 heavy (non-hydrogen) atoms. The lowest BCUT2D eigenvalue weighted by Gasteiger charge is -2.13. The molecule has 0 atom stereocenters. The first-order chi connectivity index (χ1) is 8.99. The Balaban J connectivity index is 2.41. The lowest BCUT2D eigenvalue weighted by molar-refractivity contribution is 0.450. The van der Waals surface area contributed by atoms with E-state index in [1.54, 1.807) is 0 Å². The van der Waals surface area contributed by atoms with Gasteiger partial charge in [-0.3, -0.25) is 0 Å². The third-order valence-electron chi connectivity index (χ3n) is 2.48. The molecule has 2 rings (SSSR count). The van der Waals surface area contributed by atoms with Gasteiger partial charge in [0.2, 0.25) is 5.88 Å². The van der Waals surface area contributed by atoms with Gasteiger partial charge in [0.05, 0.1) is 10.6 Å². The van der Waals surface area contributed by atoms with Gasteiger partial charge in [-0.05, 0) is 24.1 Å². The summed E-state index contributed by atoms with van der Waals surface area (Å²) in [6.07, 6.45) is 1.31. The molecule has 0 aliphatic carbocycles. The molecule has 6 heteroatoms. The molecule has 0 radical (unpaired) electrons. The van der Waals surface area contributed by atoms with E-state index in [0.29, 0.717) is 22.3 Å². The van der Waals surface area contributed by atoms with Crippen LogP contribution in [0.4, 0.5) is 4.39 Å². The predicted octanol–water partition coefficient (Wildman–Crippen LogP) is 4.84. The zero-order valence-corrected chi connectivity index (χ0v) is 11.8. The first-order valence-electron chi connectivity index (χ1n) is 5.62. The molecule has 2 aromatic rings. The van der Waals surface area contributed by atoms with Gasteiger partial charge in [-0.15, -0.1) is 0 Å². The van der Waals surface area contributed by atoms with Crippen LogP contribution in [0, 0.1) is 5.82 Å². The number of benzene rings is 1. The van der Waals surface area contributed by atoms with Gasteiger partial charge in [-0.2, -0.15) is 0 Å². The van der Waals surface area contributed by atoms with E-state index in [1.807, 2.05) is 13.8 Å². The van der Waals surface area contributed by atoms with E-state index >= 15 is 0 Å². The van der Waals surface area contributed by atoms with Gasteiger partial charge in [0.25, 0.3) is 0 Å². The van der Waals surface area contributed by atoms with Gasteiger partial charge in [-0.25, -0.2) is 14.4 Å². The highest BCUT2D eigenvalue weighted by atomic mass is 35.5. The summed E-state index contributed by atoms with van der Waals surface area (Å²) in [6, 6.07) is 3.88. The molecule has 0 aliphatic heterocycles. The smallest absolute Gasteiger partial charge is 0.227 e. The zero-order valence-electron chi connectivity index (χ0n) is 10.3. The average molecular weight is 301 g/mol. The maximum absolute atomic E-state index is 13.0. The number of hydrogen-bond donors (Lipinski definition) is 0. The molecule has 0 amide bonds. The molecule has 0 saturated heterocycles. The lowest BCUT2D eigenvalue weighted by Crippen LogP contribution is -2.00. The quantitative estimate of drug-likeness (QED) is 0.761. The fourth-order valence-corrected chi connectivity index (χ4v) is 2.14. The summed E-state index contributed by atoms with van der Waals surface area (Å²) >= 11 is 11.9. The first kappa shape index (κ1) is 14.0. The Hall–Kier alpha value is -1.39. The fraction of sp³-hybridized carbons (Fsp3) is 0.231. The Morgan fingerprint density at radius 3 is 2.58 bits per heavy atom. The molecule has 0 N–H and O–H groups in total. The highest BCUT2D eigenvalue weighted by Gasteiger charge is 2.16. The number of ether oxygens (including phenoxy) is 1. The Bertz CT molecular complexity index is 605. The standard InChI is InChI=1S/C13H11Cl2FN2O/c1-7(2)11-12(15)17-6-18-13(11)19-10-4-3-8(16)5-9(10)14/h3-7H,1-2H3. The van der Waals surface area contributed by atoms with E-state index < -0.39 is 5.82 Å². The molecule has 1 heterocycles. The van der Waals surface area contributed by atoms with Crippen LogP contribution in [0.1, 0.15) is 25.3 Å². The van der Waals surface area contributed by atoms with Gasteiger partial charge in [0.1, 0.15) is 23.0 Å². The Kier molecular flexibility index (Phi) is 4.22. The van der Waals surface area contributed by atoms with Gasteiger partial charge in [-0.1, -0.05) is 37.0 Å². The van der Waals surface area contributed by atoms with Crippen LogP contribution < -0.4 is 4.74 Å². The van der Waals surface area contributed by atoms with Crippen molar-refractivity contribution in [1.82, 2.24) is 9.97 Å². The summed E-state index contributed by atoms with van der Waals surface area (Å²) < 4.78 is 18.6. The number of aromatic nitrogens is 2. The molecule has 0 saturated carbocycles. The minimum Gasteiger partial charge on any atom is -0.437 e. The fourth-order valence-electron chi connectivity index (χ4n) is 1.59. The third kappa shape index (κ3) is 3.14. The van der Waals surface area contributed by atoms with Gasteiger partial charge in [0.15, 0.2) is 0 Å². The second-order valence-electron chi connectivity index (χ2n) is 4.21. The van der Waals surface area contributed by atoms with E-state index in [0.717, 1.165) is 0 Å². The van der Waals surface area contributed by atoms with Crippen molar-refractivity contribution in [1.29, 1.82) is 0 Å². The summed E-state index contributed by atoms with van der Waals surface area (Å²) in [4.78, 5) is 7.97. The Morgan fingerprint density at radius 1 is 1.21 bits per heavy atom. The monoisotopic (exact) mass is 300 g/mol. The minimum atomic E-state index is -0.429. The van der Waals surface area contributed by atoms with Crippen molar-refractivity contribution >= 4 is 23.2 Å². The molecule has 0 bridgehead atoms. The SMILES string of the molecule is CC(C)c1c(Cl)ncnc1Oc1ccc(F)cc1Cl. The highest BCUT2D eigenvalue weighted by Crippen LogP contribution is 2.35. The van der Waals surface area contributed by atoms with Crippen LogP contribution in [0.5, 0.6) is 11.6 Å². The number of hydrogen-bond acceptors (Lipinski definition) is 3. The van der Waals surface area contributed by atoms with Crippen LogP contribution in [0.15, 0.2) is 24.5 Å². The van der Waals surface area contributed by atoms with Crippen molar-refractivity contribution in [2.24, 2.45) is 0 Å². The van der Waals surface area contributed by atoms with Crippen LogP contribution in [-0.4, -0.2) is 9.97 Å². The van der Waals surface area contributed by atoms with Crippen LogP contribution >= 0.6 is 23.2 Å². The van der Waals surface area contributed by atoms with Crippen LogP contribution in [0.2, 0.25) is 10.2 Å². The Labute approximate surface area is 120 Å². The maximum atomic E-state index is 13.0. The second kappa shape index (κ2) is 5.72. The van der Waals surface area contributed by atoms with Crippen molar-refractivity contribution in [3.63, 3.8) is 0 Å². The van der Waals surface area contributed by atoms with Gasteiger partial charge in [0, 0.05) is 0 Å². The third-order valence-corrected chi connectivity index (χ3v) is 3.07. The largest absolute Gasteiger partial charge is 0.437 e. The van der Waals surface area contributed by atoms with E-state index in [9.17, 15) is 4.39 Å². The molecule has 0 fully saturated rings. The predicted molar refractivity (Wildman–Crippen MR) is 72.6 cm³/mol. The van der Waals surface area contributed by atoms with E-state index in [1.165, 1.54) is 24.5 Å². The van der Waals surface area contributed by atoms with Crippen molar-refractivity contribution in [3.05, 3.63) is 46.1 Å². The van der Waals surface area contributed by atoms with Crippen LogP contribution in [0.25, 0.3) is 0 Å². The lowest BCUT2D eigenvalue weighted by atomic mass is 10.1. The molecule has 1 aromatic carbocycles. The van der Waals surface area contributed by atoms with E-state index in [4.69, 9.17) is 27.9 Å². The average Bonchev–Trinajstić information content (AvgIpc) is 2.32. The Morgan fingerprint density at radius 2 is 1.95 bits per heavy atom. The summed E-state index contributed by atoms with van der Waals surface area (Å²) in [6.45, 7) is 3.90. The normalized spacial score (nSPS) is 10.8. The molecule has 0 spiro atoms. The highest BCUT2D eigenvalue weighted by molar-refractivity contribution is 6.32. The molecule has 100 valence electrons. The molecule has 3 nitrogen and oxygen atoms in total. The van der Waals surface area contributed by atoms with Crippen LogP contribution in [-0.2, 0) is 0 Å². The van der Waals surface area contributed by atoms with Crippen molar-refractivity contribution in [3.8, 4) is 11.6 Å². The first-order valence-corrected chi connectivity index (χ1v) is 6.38. The summed E-state index contributed by atoms with van der Waals surface area (Å²) in [5.74, 6) is 0.299. The summed E-state index contributed by atoms with van der Waals surface area (Å²) in [5.41, 5.74) is 0.685. The van der Waals surface area contributed by atoms with Crippen molar-refractivity contribution in [2.75, 3.05) is 0 Å². The number of nitrogens with zero attached hydrogens (tertiary/aromatic N) is 2. The van der Waals surface area contributed by atoms with Crippen LogP contribution in [0.3, 0.4) is 0 Å². The number of halogens is 3. The summed E-state index contributed by atoms with van der Waals surface area (Å²) in [7, 11) is 0. The molecule has 1 aromatic heterocycles. The summed E-state index contributed by atoms with van der Waals surface area (Å²) in [5, 5.41) is 0.502. The molecule has 0 aliphatic rings. The number of rotatable bonds is 3. The minimum absolute atomic E-state index is 0.0860. The van der Waals surface area contributed by atoms with Gasteiger partial charge >= 0.3 is 0 Å². The topological polar surface area (TPSA) is 35.0 Å². The van der Waals surface area contributed by atoms with Gasteiger partial charge < -0.3 is 4.74 Å².